The molecule has 0 spiro atoms. The van der Waals surface area contributed by atoms with Crippen LogP contribution in [0.1, 0.15) is 23.0 Å². The Bertz CT molecular complexity index is 1770. The molecule has 1 saturated heterocycles. The molecule has 14 heteroatoms. The molecule has 43 heavy (non-hydrogen) atoms. The van der Waals surface area contributed by atoms with Gasteiger partial charge in [0.15, 0.2) is 17.7 Å². The molecule has 1 aliphatic rings. The zero-order valence-electron chi connectivity index (χ0n) is 22.7. The molecule has 6 rings (SSSR count). The van der Waals surface area contributed by atoms with Gasteiger partial charge in [-0.25, -0.2) is 14.8 Å². The molecule has 12 nitrogen and oxygen atoms in total. The second-order valence-corrected chi connectivity index (χ2v) is 11.3. The molecule has 0 saturated carbocycles. The molecule has 3 aromatic heterocycles. The number of carboxylic acid groups (broad SMARTS) is 1. The molecule has 0 unspecified atom stereocenters. The van der Waals surface area contributed by atoms with Crippen LogP contribution in [0, 0.1) is 6.92 Å². The largest absolute Gasteiger partial charge is 0.479 e. The van der Waals surface area contributed by atoms with Crippen LogP contribution in [0.25, 0.3) is 22.3 Å². The summed E-state index contributed by atoms with van der Waals surface area (Å²) in [5.74, 6) is -1.21. The Balaban J connectivity index is 1.26. The summed E-state index contributed by atoms with van der Waals surface area (Å²) >= 11 is 7.21. The molecule has 222 valence electrons. The van der Waals surface area contributed by atoms with Crippen molar-refractivity contribution in [1.82, 2.24) is 24.5 Å². The van der Waals surface area contributed by atoms with Crippen LogP contribution in [0.4, 0.5) is 5.82 Å². The number of ether oxygens (including phenoxy) is 2. The molecule has 0 radical (unpaired) electrons. The van der Waals surface area contributed by atoms with Gasteiger partial charge < -0.3 is 30.5 Å². The van der Waals surface area contributed by atoms with E-state index in [0.29, 0.717) is 5.56 Å². The summed E-state index contributed by atoms with van der Waals surface area (Å²) in [5.41, 5.74) is 10.1. The molecule has 5 N–H and O–H groups in total. The number of carbonyl (C=O) groups is 1. The van der Waals surface area contributed by atoms with Gasteiger partial charge in [-0.3, -0.25) is 4.57 Å². The first-order valence-corrected chi connectivity index (χ1v) is 14.6. The summed E-state index contributed by atoms with van der Waals surface area (Å²) in [5, 5.41) is 33.8. The number of aliphatic hydroxyl groups excluding tert-OH is 2. The molecular weight excluding hydrogens is 596 g/mol. The normalized spacial score (nSPS) is 21.7. The number of thiazole rings is 1. The lowest BCUT2D eigenvalue weighted by Crippen LogP contribution is -2.44. The number of aliphatic hydroxyl groups is 2. The lowest BCUT2D eigenvalue weighted by Gasteiger charge is -2.30. The number of carboxylic acids is 1. The number of halogens is 1. The van der Waals surface area contributed by atoms with Crippen molar-refractivity contribution in [3.8, 4) is 11.1 Å². The van der Waals surface area contributed by atoms with Crippen molar-refractivity contribution < 1.29 is 29.6 Å². The van der Waals surface area contributed by atoms with E-state index >= 15 is 0 Å². The Labute approximate surface area is 254 Å². The standard InChI is InChI=1S/C29H27ClN6O6S/c1-15-4-2-3-5-18(15)17-8-6-16(7-9-17)10-29(27(39)40,20-12-43-14-33-20)41-11-19-22(37)23(38)26(42-19)36-13-32-21-24(31)34-28(30)35-25(21)36/h2-9,12-14,19,22-23,26,37-38H,10-11H2,1H3,(H,39,40)(H2,31,34,35)/t19-,22-,23-,26-,29+/m1/s1. The summed E-state index contributed by atoms with van der Waals surface area (Å²) < 4.78 is 13.5. The summed E-state index contributed by atoms with van der Waals surface area (Å²) in [6.45, 7) is 1.66. The van der Waals surface area contributed by atoms with Gasteiger partial charge in [0.25, 0.3) is 0 Å². The maximum atomic E-state index is 12.9. The molecule has 0 bridgehead atoms. The average molecular weight is 623 g/mol. The van der Waals surface area contributed by atoms with Gasteiger partial charge in [0.2, 0.25) is 10.9 Å². The summed E-state index contributed by atoms with van der Waals surface area (Å²) in [6, 6.07) is 15.6. The Hall–Kier alpha value is -3.98. The SMILES string of the molecule is Cc1ccccc1-c1ccc(C[C@@](OC[C@H]2O[C@@H](n3cnc4c(N)nc(Cl)nc43)[C@H](O)[C@@H]2O)(C(=O)O)c2cscn2)cc1. The molecule has 5 aromatic rings. The molecule has 1 aliphatic heterocycles. The van der Waals surface area contributed by atoms with E-state index in [9.17, 15) is 20.1 Å². The second-order valence-electron chi connectivity index (χ2n) is 10.3. The van der Waals surface area contributed by atoms with Gasteiger partial charge in [-0.05, 0) is 40.8 Å². The highest BCUT2D eigenvalue weighted by Gasteiger charge is 2.49. The molecule has 5 atom stereocenters. The van der Waals surface area contributed by atoms with Crippen molar-refractivity contribution >= 4 is 45.9 Å². The van der Waals surface area contributed by atoms with E-state index < -0.39 is 36.1 Å². The van der Waals surface area contributed by atoms with E-state index in [2.05, 4.69) is 19.9 Å². The first-order valence-electron chi connectivity index (χ1n) is 13.3. The van der Waals surface area contributed by atoms with E-state index in [1.165, 1.54) is 27.7 Å². The lowest BCUT2D eigenvalue weighted by atomic mass is 9.90. The van der Waals surface area contributed by atoms with Gasteiger partial charge in [-0.1, -0.05) is 48.5 Å². The minimum atomic E-state index is -1.90. The maximum absolute atomic E-state index is 12.9. The Kier molecular flexibility index (Phi) is 7.85. The number of aliphatic carboxylic acids is 1. The first-order chi connectivity index (χ1) is 20.7. The number of fused-ring (bicyclic) bond motifs is 1. The number of rotatable bonds is 9. The van der Waals surface area contributed by atoms with Gasteiger partial charge >= 0.3 is 5.97 Å². The van der Waals surface area contributed by atoms with Crippen LogP contribution in [0.15, 0.2) is 65.7 Å². The van der Waals surface area contributed by atoms with Crippen molar-refractivity contribution in [2.45, 2.75) is 43.5 Å². The third kappa shape index (κ3) is 5.35. The van der Waals surface area contributed by atoms with Crippen molar-refractivity contribution in [3.05, 3.63) is 87.9 Å². The third-order valence-corrected chi connectivity index (χ3v) is 8.34. The molecule has 2 aromatic carbocycles. The number of nitrogen functional groups attached to an aromatic ring is 1. The van der Waals surface area contributed by atoms with Gasteiger partial charge in [0.05, 0.1) is 24.1 Å². The fourth-order valence-corrected chi connectivity index (χ4v) is 6.07. The van der Waals surface area contributed by atoms with Crippen LogP contribution in [-0.2, 0) is 26.3 Å². The number of nitrogens with two attached hydrogens (primary N) is 1. The van der Waals surface area contributed by atoms with Crippen molar-refractivity contribution in [3.63, 3.8) is 0 Å². The fourth-order valence-electron chi connectivity index (χ4n) is 5.28. The molecule has 4 heterocycles. The van der Waals surface area contributed by atoms with E-state index in [-0.39, 0.29) is 41.0 Å². The van der Waals surface area contributed by atoms with Crippen LogP contribution in [0.5, 0.6) is 0 Å². The number of hydrogen-bond acceptors (Lipinski definition) is 11. The first kappa shape index (κ1) is 29.1. The van der Waals surface area contributed by atoms with Crippen molar-refractivity contribution in [1.29, 1.82) is 0 Å². The zero-order valence-corrected chi connectivity index (χ0v) is 24.3. The number of imidazole rings is 1. The summed E-state index contributed by atoms with van der Waals surface area (Å²) in [7, 11) is 0. The highest BCUT2D eigenvalue weighted by Crippen LogP contribution is 2.36. The second kappa shape index (κ2) is 11.6. The van der Waals surface area contributed by atoms with Crippen LogP contribution >= 0.6 is 22.9 Å². The smallest absolute Gasteiger partial charge is 0.342 e. The maximum Gasteiger partial charge on any atom is 0.342 e. The predicted molar refractivity (Wildman–Crippen MR) is 158 cm³/mol. The Morgan fingerprint density at radius 1 is 1.14 bits per heavy atom. The monoisotopic (exact) mass is 622 g/mol. The minimum absolute atomic E-state index is 0.0445. The number of anilines is 1. The highest BCUT2D eigenvalue weighted by atomic mass is 35.5. The van der Waals surface area contributed by atoms with Gasteiger partial charge in [0.1, 0.15) is 23.8 Å². The van der Waals surface area contributed by atoms with E-state index in [1.807, 2.05) is 55.5 Å². The quantitative estimate of drug-likeness (QED) is 0.177. The molecule has 0 amide bonds. The molecule has 0 aliphatic carbocycles. The van der Waals surface area contributed by atoms with Gasteiger partial charge in [0, 0.05) is 11.8 Å². The van der Waals surface area contributed by atoms with Gasteiger partial charge in [-0.15, -0.1) is 11.3 Å². The Morgan fingerprint density at radius 2 is 1.91 bits per heavy atom. The van der Waals surface area contributed by atoms with Crippen molar-refractivity contribution in [2.24, 2.45) is 0 Å². The summed E-state index contributed by atoms with van der Waals surface area (Å²) in [6.07, 6.45) is -3.79. The topological polar surface area (TPSA) is 179 Å². The fraction of sp³-hybridized carbons (Fsp3) is 0.276. The van der Waals surface area contributed by atoms with Crippen LogP contribution in [0.2, 0.25) is 5.28 Å². The average Bonchev–Trinajstić information content (AvgIpc) is 3.73. The number of nitrogens with zero attached hydrogens (tertiary/aromatic N) is 5. The van der Waals surface area contributed by atoms with Crippen LogP contribution in [0.3, 0.4) is 0 Å². The third-order valence-electron chi connectivity index (χ3n) is 7.58. The van der Waals surface area contributed by atoms with Gasteiger partial charge in [-0.2, -0.15) is 9.97 Å². The molecule has 1 fully saturated rings. The number of aromatic nitrogens is 5. The molecular formula is C29H27ClN6O6S. The Morgan fingerprint density at radius 3 is 2.60 bits per heavy atom. The van der Waals surface area contributed by atoms with E-state index in [4.69, 9.17) is 26.8 Å². The highest BCUT2D eigenvalue weighted by molar-refractivity contribution is 7.07. The van der Waals surface area contributed by atoms with Crippen molar-refractivity contribution in [2.75, 3.05) is 12.3 Å². The predicted octanol–water partition coefficient (Wildman–Crippen LogP) is 3.35. The van der Waals surface area contributed by atoms with Crippen LogP contribution in [-0.4, -0.2) is 70.7 Å². The zero-order chi connectivity index (χ0) is 30.3. The number of aryl methyl sites for hydroxylation is 1. The minimum Gasteiger partial charge on any atom is -0.479 e. The van der Waals surface area contributed by atoms with E-state index in [0.717, 1.165) is 16.7 Å². The number of hydrogen-bond donors (Lipinski definition) is 4. The number of benzene rings is 2. The van der Waals surface area contributed by atoms with Crippen LogP contribution < -0.4 is 5.73 Å². The lowest BCUT2D eigenvalue weighted by molar-refractivity contribution is -0.177. The van der Waals surface area contributed by atoms with E-state index in [1.54, 1.807) is 5.38 Å². The summed E-state index contributed by atoms with van der Waals surface area (Å²) in [4.78, 5) is 29.4.